The maximum atomic E-state index is 14.3. The lowest BCUT2D eigenvalue weighted by molar-refractivity contribution is 0.343. The molecule has 1 fully saturated rings. The van der Waals surface area contributed by atoms with Gasteiger partial charge in [0.2, 0.25) is 0 Å². The third-order valence-corrected chi connectivity index (χ3v) is 7.84. The van der Waals surface area contributed by atoms with Crippen molar-refractivity contribution in [1.29, 1.82) is 0 Å². The number of sulfone groups is 1. The molecule has 5 rings (SSSR count). The molecular weight excluding hydrogens is 415 g/mol. The van der Waals surface area contributed by atoms with Crippen LogP contribution in [-0.2, 0) is 16.4 Å². The van der Waals surface area contributed by atoms with Gasteiger partial charge in [-0.3, -0.25) is 0 Å². The second kappa shape index (κ2) is 7.76. The number of alkyl halides is 1. The highest BCUT2D eigenvalue weighted by Gasteiger charge is 2.29. The number of anilines is 2. The second-order valence-corrected chi connectivity index (χ2v) is 10.4. The first-order chi connectivity index (χ1) is 14.9. The van der Waals surface area contributed by atoms with Gasteiger partial charge in [-0.25, -0.2) is 17.8 Å². The van der Waals surface area contributed by atoms with Crippen LogP contribution in [0.3, 0.4) is 0 Å². The van der Waals surface area contributed by atoms with E-state index in [1.165, 1.54) is 0 Å². The molecule has 6 nitrogen and oxygen atoms in total. The Morgan fingerprint density at radius 2 is 2.00 bits per heavy atom. The highest BCUT2D eigenvalue weighted by atomic mass is 32.2. The van der Waals surface area contributed by atoms with Gasteiger partial charge in [-0.15, -0.1) is 0 Å². The lowest BCUT2D eigenvalue weighted by atomic mass is 10.1. The summed E-state index contributed by atoms with van der Waals surface area (Å²) in [5, 5.41) is 7.38. The lowest BCUT2D eigenvalue weighted by Crippen LogP contribution is -2.30. The van der Waals surface area contributed by atoms with Crippen molar-refractivity contribution in [3.05, 3.63) is 59.7 Å². The monoisotopic (exact) mass is 440 g/mol. The molecule has 2 unspecified atom stereocenters. The summed E-state index contributed by atoms with van der Waals surface area (Å²) >= 11 is 0. The zero-order chi connectivity index (χ0) is 21.6. The number of aryl methyl sites for hydroxylation is 1. The Kier molecular flexibility index (Phi) is 5.06. The van der Waals surface area contributed by atoms with Crippen LogP contribution in [-0.4, -0.2) is 51.0 Å². The number of aromatic nitrogens is 1. The zero-order valence-corrected chi connectivity index (χ0v) is 18.1. The molecule has 2 aliphatic heterocycles. The number of rotatable bonds is 3. The fourth-order valence-corrected chi connectivity index (χ4v) is 5.85. The first kappa shape index (κ1) is 20.2. The van der Waals surface area contributed by atoms with Crippen molar-refractivity contribution in [3.8, 4) is 0 Å². The predicted octanol–water partition coefficient (Wildman–Crippen LogP) is 3.06. The van der Waals surface area contributed by atoms with Gasteiger partial charge in [0, 0.05) is 43.3 Å². The molecule has 31 heavy (non-hydrogen) atoms. The van der Waals surface area contributed by atoms with Crippen LogP contribution in [0.4, 0.5) is 15.9 Å². The Bertz CT molecular complexity index is 1250. The van der Waals surface area contributed by atoms with Crippen molar-refractivity contribution in [2.45, 2.75) is 30.6 Å². The quantitative estimate of drug-likeness (QED) is 0.652. The summed E-state index contributed by atoms with van der Waals surface area (Å²) in [5.41, 5.74) is 3.48. The molecule has 162 valence electrons. The molecule has 2 aromatic carbocycles. The van der Waals surface area contributed by atoms with Crippen LogP contribution >= 0.6 is 0 Å². The SMILES string of the molecule is Cc1ccc2nc(N3CCS(=O)(=O)c4ccccc4C3)cc(NC3CNCC3F)c2c1. The number of halogens is 1. The van der Waals surface area contributed by atoms with Gasteiger partial charge in [-0.1, -0.05) is 29.8 Å². The van der Waals surface area contributed by atoms with E-state index in [2.05, 4.69) is 10.6 Å². The van der Waals surface area contributed by atoms with E-state index >= 15 is 0 Å². The third-order valence-electron chi connectivity index (χ3n) is 6.05. The first-order valence-electron chi connectivity index (χ1n) is 10.5. The highest BCUT2D eigenvalue weighted by Crippen LogP contribution is 2.32. The Morgan fingerprint density at radius 3 is 2.81 bits per heavy atom. The molecule has 1 aromatic heterocycles. The number of pyridine rings is 1. The Balaban J connectivity index is 1.58. The summed E-state index contributed by atoms with van der Waals surface area (Å²) in [6, 6.07) is 14.8. The van der Waals surface area contributed by atoms with E-state index < -0.39 is 16.0 Å². The van der Waals surface area contributed by atoms with Gasteiger partial charge >= 0.3 is 0 Å². The highest BCUT2D eigenvalue weighted by molar-refractivity contribution is 7.91. The summed E-state index contributed by atoms with van der Waals surface area (Å²) in [6.07, 6.45) is -0.966. The second-order valence-electron chi connectivity index (χ2n) is 8.32. The van der Waals surface area contributed by atoms with Crippen molar-refractivity contribution < 1.29 is 12.8 Å². The van der Waals surface area contributed by atoms with Gasteiger partial charge in [0.1, 0.15) is 12.0 Å². The lowest BCUT2D eigenvalue weighted by Gasteiger charge is -2.24. The van der Waals surface area contributed by atoms with Gasteiger partial charge in [-0.2, -0.15) is 0 Å². The molecule has 0 bridgehead atoms. The molecule has 3 aromatic rings. The Hall–Kier alpha value is -2.71. The van der Waals surface area contributed by atoms with E-state index in [1.54, 1.807) is 12.1 Å². The molecule has 3 heterocycles. The van der Waals surface area contributed by atoms with Crippen molar-refractivity contribution >= 4 is 32.2 Å². The van der Waals surface area contributed by atoms with Crippen LogP contribution in [0.15, 0.2) is 53.4 Å². The van der Waals surface area contributed by atoms with Gasteiger partial charge in [0.25, 0.3) is 0 Å². The van der Waals surface area contributed by atoms with Crippen LogP contribution in [0.25, 0.3) is 10.9 Å². The fraction of sp³-hybridized carbons (Fsp3) is 0.348. The van der Waals surface area contributed by atoms with Gasteiger partial charge in [0.05, 0.1) is 22.2 Å². The topological polar surface area (TPSA) is 74.3 Å². The molecule has 0 spiro atoms. The van der Waals surface area contributed by atoms with Gasteiger partial charge in [0.15, 0.2) is 9.84 Å². The number of nitrogens with zero attached hydrogens (tertiary/aromatic N) is 2. The Labute approximate surface area is 181 Å². The van der Waals surface area contributed by atoms with Crippen LogP contribution in [0.2, 0.25) is 0 Å². The molecule has 0 saturated carbocycles. The number of fused-ring (bicyclic) bond motifs is 2. The molecule has 0 radical (unpaired) electrons. The first-order valence-corrected chi connectivity index (χ1v) is 12.1. The largest absolute Gasteiger partial charge is 0.377 e. The van der Waals surface area contributed by atoms with E-state index in [0.29, 0.717) is 36.9 Å². The number of hydrogen-bond donors (Lipinski definition) is 2. The normalized spacial score (nSPS) is 22.8. The number of nitrogens with one attached hydrogen (secondary N) is 2. The predicted molar refractivity (Wildman–Crippen MR) is 121 cm³/mol. The van der Waals surface area contributed by atoms with E-state index in [-0.39, 0.29) is 11.8 Å². The van der Waals surface area contributed by atoms with Crippen LogP contribution < -0.4 is 15.5 Å². The van der Waals surface area contributed by atoms with Crippen LogP contribution in [0.5, 0.6) is 0 Å². The van der Waals surface area contributed by atoms with Crippen LogP contribution in [0.1, 0.15) is 11.1 Å². The molecule has 0 amide bonds. The average Bonchev–Trinajstić information content (AvgIpc) is 3.09. The molecular formula is C23H25FN4O2S. The number of benzene rings is 2. The summed E-state index contributed by atoms with van der Waals surface area (Å²) in [7, 11) is -3.35. The minimum absolute atomic E-state index is 0.0273. The van der Waals surface area contributed by atoms with Crippen molar-refractivity contribution in [3.63, 3.8) is 0 Å². The molecule has 1 saturated heterocycles. The van der Waals surface area contributed by atoms with E-state index in [9.17, 15) is 12.8 Å². The number of hydrogen-bond acceptors (Lipinski definition) is 6. The fourth-order valence-electron chi connectivity index (χ4n) is 4.35. The van der Waals surface area contributed by atoms with Gasteiger partial charge < -0.3 is 15.5 Å². The summed E-state index contributed by atoms with van der Waals surface area (Å²) in [5.74, 6) is 0.714. The summed E-state index contributed by atoms with van der Waals surface area (Å²) in [4.78, 5) is 7.23. The summed E-state index contributed by atoms with van der Waals surface area (Å²) < 4.78 is 39.8. The third kappa shape index (κ3) is 3.85. The maximum Gasteiger partial charge on any atom is 0.180 e. The molecule has 8 heteroatoms. The molecule has 2 N–H and O–H groups in total. The van der Waals surface area contributed by atoms with Crippen molar-refractivity contribution in [2.24, 2.45) is 0 Å². The molecule has 0 aliphatic carbocycles. The molecule has 2 aliphatic rings. The van der Waals surface area contributed by atoms with E-state index in [0.717, 1.165) is 27.7 Å². The van der Waals surface area contributed by atoms with E-state index in [4.69, 9.17) is 4.98 Å². The van der Waals surface area contributed by atoms with Crippen molar-refractivity contribution in [2.75, 3.05) is 35.6 Å². The Morgan fingerprint density at radius 1 is 1.16 bits per heavy atom. The van der Waals surface area contributed by atoms with Crippen LogP contribution in [0, 0.1) is 6.92 Å². The molecule has 2 atom stereocenters. The smallest absolute Gasteiger partial charge is 0.180 e. The minimum Gasteiger partial charge on any atom is -0.377 e. The average molecular weight is 441 g/mol. The van der Waals surface area contributed by atoms with Crippen molar-refractivity contribution in [1.82, 2.24) is 10.3 Å². The zero-order valence-electron chi connectivity index (χ0n) is 17.3. The maximum absolute atomic E-state index is 14.3. The minimum atomic E-state index is -3.35. The van der Waals surface area contributed by atoms with Gasteiger partial charge in [-0.05, 0) is 30.7 Å². The standard InChI is InChI=1S/C23H25FN4O2S/c1-15-6-7-19-17(10-15)20(26-21-13-25-12-18(21)24)11-23(27-19)28-8-9-31(29,30)22-5-3-2-4-16(22)14-28/h2-7,10-11,18,21,25H,8-9,12-14H2,1H3,(H,26,27). The summed E-state index contributed by atoms with van der Waals surface area (Å²) in [6.45, 7) is 3.71. The van der Waals surface area contributed by atoms with E-state index in [1.807, 2.05) is 48.2 Å².